The number of hydrogen-bond acceptors (Lipinski definition) is 7. The van der Waals surface area contributed by atoms with Crippen LogP contribution in [0.3, 0.4) is 0 Å². The number of sulfonamides is 1. The van der Waals surface area contributed by atoms with Gasteiger partial charge in [-0.25, -0.2) is 8.42 Å². The molecule has 1 aromatic heterocycles. The monoisotopic (exact) mass is 392 g/mol. The zero-order chi connectivity index (χ0) is 17.0. The quantitative estimate of drug-likeness (QED) is 0.599. The maximum atomic E-state index is 12.1. The summed E-state index contributed by atoms with van der Waals surface area (Å²) in [5.41, 5.74) is 0.317. The summed E-state index contributed by atoms with van der Waals surface area (Å²) in [4.78, 5) is 12.1. The van der Waals surface area contributed by atoms with Crippen molar-refractivity contribution in [3.05, 3.63) is 29.3 Å². The zero-order valence-electron chi connectivity index (χ0n) is 12.2. The molecule has 0 atom stereocenters. The van der Waals surface area contributed by atoms with Crippen molar-refractivity contribution < 1.29 is 13.2 Å². The van der Waals surface area contributed by atoms with Crippen LogP contribution in [-0.4, -0.2) is 43.6 Å². The maximum Gasteiger partial charge on any atom is 0.246 e. The predicted molar refractivity (Wildman–Crippen MR) is 94.0 cm³/mol. The smallest absolute Gasteiger partial charge is 0.246 e. The molecule has 1 aromatic carbocycles. The Kier molecular flexibility index (Phi) is 5.84. The van der Waals surface area contributed by atoms with Crippen LogP contribution < -0.4 is 9.62 Å². The van der Waals surface area contributed by atoms with Crippen LogP contribution in [0, 0.1) is 0 Å². The number of rotatable bonds is 6. The van der Waals surface area contributed by atoms with Gasteiger partial charge < -0.3 is 0 Å². The summed E-state index contributed by atoms with van der Waals surface area (Å²) < 4.78 is 25.6. The van der Waals surface area contributed by atoms with Crippen LogP contribution >= 0.6 is 34.7 Å². The number of benzene rings is 1. The third-order valence-electron chi connectivity index (χ3n) is 2.61. The van der Waals surface area contributed by atoms with Gasteiger partial charge >= 0.3 is 0 Å². The fourth-order valence-electron chi connectivity index (χ4n) is 1.66. The zero-order valence-corrected chi connectivity index (χ0v) is 15.4. The van der Waals surface area contributed by atoms with E-state index in [2.05, 4.69) is 15.5 Å². The van der Waals surface area contributed by atoms with Crippen LogP contribution in [0.1, 0.15) is 0 Å². The second kappa shape index (κ2) is 7.47. The molecule has 1 heterocycles. The summed E-state index contributed by atoms with van der Waals surface area (Å²) in [6.45, 7) is -0.382. The Labute approximate surface area is 147 Å². The number of nitrogens with zero attached hydrogens (tertiary/aromatic N) is 3. The molecule has 23 heavy (non-hydrogen) atoms. The minimum absolute atomic E-state index is 0.317. The molecule has 124 valence electrons. The second-order valence-electron chi connectivity index (χ2n) is 4.37. The van der Waals surface area contributed by atoms with E-state index >= 15 is 0 Å². The Morgan fingerprint density at radius 1 is 1.43 bits per heavy atom. The van der Waals surface area contributed by atoms with Gasteiger partial charge in [0, 0.05) is 5.02 Å². The van der Waals surface area contributed by atoms with Crippen molar-refractivity contribution in [3.8, 4) is 0 Å². The van der Waals surface area contributed by atoms with Gasteiger partial charge in [0.2, 0.25) is 21.1 Å². The van der Waals surface area contributed by atoms with Crippen LogP contribution in [0.25, 0.3) is 0 Å². The van der Waals surface area contributed by atoms with Gasteiger partial charge in [0.1, 0.15) is 6.54 Å². The number of nitrogens with one attached hydrogen (secondary N) is 1. The van der Waals surface area contributed by atoms with Crippen molar-refractivity contribution in [2.24, 2.45) is 0 Å². The lowest BCUT2D eigenvalue weighted by atomic mass is 10.3. The van der Waals surface area contributed by atoms with Gasteiger partial charge in [0.25, 0.3) is 0 Å². The van der Waals surface area contributed by atoms with E-state index in [-0.39, 0.29) is 6.54 Å². The predicted octanol–water partition coefficient (Wildman–Crippen LogP) is 2.32. The van der Waals surface area contributed by atoms with E-state index in [1.54, 1.807) is 18.2 Å². The van der Waals surface area contributed by atoms with Crippen molar-refractivity contribution in [2.45, 2.75) is 4.34 Å². The highest BCUT2D eigenvalue weighted by molar-refractivity contribution is 8.00. The Bertz CT molecular complexity index is 809. The molecule has 2 rings (SSSR count). The fraction of sp³-hybridized carbons (Fsp3) is 0.250. The van der Waals surface area contributed by atoms with E-state index < -0.39 is 15.9 Å². The second-order valence-corrected chi connectivity index (χ2v) is 8.75. The van der Waals surface area contributed by atoms with E-state index in [0.29, 0.717) is 20.2 Å². The number of carbonyl (C=O) groups excluding carboxylic acids is 1. The van der Waals surface area contributed by atoms with Gasteiger partial charge in [-0.2, -0.15) is 0 Å². The number of amides is 1. The van der Waals surface area contributed by atoms with Crippen molar-refractivity contribution in [1.82, 2.24) is 10.2 Å². The van der Waals surface area contributed by atoms with E-state index in [1.807, 2.05) is 6.26 Å². The molecule has 0 radical (unpaired) electrons. The van der Waals surface area contributed by atoms with Crippen LogP contribution in [0.15, 0.2) is 28.6 Å². The average Bonchev–Trinajstić information content (AvgIpc) is 2.91. The lowest BCUT2D eigenvalue weighted by Crippen LogP contribution is -2.37. The maximum absolute atomic E-state index is 12.1. The molecule has 11 heteroatoms. The lowest BCUT2D eigenvalue weighted by molar-refractivity contribution is -0.114. The summed E-state index contributed by atoms with van der Waals surface area (Å²) >= 11 is 8.50. The Morgan fingerprint density at radius 2 is 2.17 bits per heavy atom. The minimum atomic E-state index is -3.64. The SMILES string of the molecule is CSc1nnc(NC(=O)CN(c2cccc(Cl)c2)S(C)(=O)=O)s1. The van der Waals surface area contributed by atoms with Gasteiger partial charge in [-0.3, -0.25) is 14.4 Å². The Balaban J connectivity index is 2.16. The van der Waals surface area contributed by atoms with Crippen molar-refractivity contribution >= 4 is 61.4 Å². The Hall–Kier alpha value is -1.36. The Morgan fingerprint density at radius 3 is 2.74 bits per heavy atom. The summed E-state index contributed by atoms with van der Waals surface area (Å²) in [5, 5.41) is 10.9. The van der Waals surface area contributed by atoms with Gasteiger partial charge in [-0.1, -0.05) is 40.8 Å². The topological polar surface area (TPSA) is 92.3 Å². The lowest BCUT2D eigenvalue weighted by Gasteiger charge is -2.21. The third kappa shape index (κ3) is 5.06. The average molecular weight is 393 g/mol. The van der Waals surface area contributed by atoms with Gasteiger partial charge in [-0.15, -0.1) is 10.2 Å². The van der Waals surface area contributed by atoms with Crippen LogP contribution in [0.5, 0.6) is 0 Å². The minimum Gasteiger partial charge on any atom is -0.299 e. The molecule has 1 N–H and O–H groups in total. The van der Waals surface area contributed by atoms with Gasteiger partial charge in [-0.05, 0) is 24.5 Å². The largest absolute Gasteiger partial charge is 0.299 e. The molecule has 0 fully saturated rings. The van der Waals surface area contributed by atoms with Crippen LogP contribution in [0.2, 0.25) is 5.02 Å². The van der Waals surface area contributed by atoms with E-state index in [4.69, 9.17) is 11.6 Å². The van der Waals surface area contributed by atoms with Crippen molar-refractivity contribution in [1.29, 1.82) is 0 Å². The molecular formula is C12H13ClN4O3S3. The fourth-order valence-corrected chi connectivity index (χ4v) is 3.88. The highest BCUT2D eigenvalue weighted by Crippen LogP contribution is 2.24. The molecule has 0 saturated carbocycles. The third-order valence-corrected chi connectivity index (χ3v) is 5.80. The first-order valence-corrected chi connectivity index (χ1v) is 10.5. The number of thioether (sulfide) groups is 1. The van der Waals surface area contributed by atoms with E-state index in [1.165, 1.54) is 29.2 Å². The molecule has 0 aliphatic rings. The molecule has 0 aliphatic heterocycles. The highest BCUT2D eigenvalue weighted by atomic mass is 35.5. The molecule has 0 spiro atoms. The summed E-state index contributed by atoms with van der Waals surface area (Å²) in [5.74, 6) is -0.515. The number of halogens is 1. The van der Waals surface area contributed by atoms with E-state index in [0.717, 1.165) is 10.6 Å². The molecule has 7 nitrogen and oxygen atoms in total. The molecule has 0 bridgehead atoms. The summed E-state index contributed by atoms with van der Waals surface area (Å²) in [6, 6.07) is 6.28. The van der Waals surface area contributed by atoms with Crippen molar-refractivity contribution in [3.63, 3.8) is 0 Å². The first kappa shape index (κ1) is 18.0. The number of carbonyl (C=O) groups is 1. The first-order chi connectivity index (χ1) is 10.8. The van der Waals surface area contributed by atoms with E-state index in [9.17, 15) is 13.2 Å². The molecule has 0 saturated heterocycles. The van der Waals surface area contributed by atoms with Gasteiger partial charge in [0.05, 0.1) is 11.9 Å². The van der Waals surface area contributed by atoms with Crippen LogP contribution in [-0.2, 0) is 14.8 Å². The van der Waals surface area contributed by atoms with Crippen LogP contribution in [0.4, 0.5) is 10.8 Å². The number of anilines is 2. The molecule has 2 aromatic rings. The molecule has 0 unspecified atom stereocenters. The summed E-state index contributed by atoms with van der Waals surface area (Å²) in [6.07, 6.45) is 2.87. The first-order valence-electron chi connectivity index (χ1n) is 6.20. The molecule has 1 amide bonds. The standard InChI is InChI=1S/C12H13ClN4O3S3/c1-21-12-16-15-11(22-12)14-10(18)7-17(23(2,19)20)9-5-3-4-8(13)6-9/h3-6H,7H2,1-2H3,(H,14,15,18). The number of hydrogen-bond donors (Lipinski definition) is 1. The normalized spacial score (nSPS) is 11.3. The molecule has 0 aliphatic carbocycles. The van der Waals surface area contributed by atoms with Gasteiger partial charge in [0.15, 0.2) is 4.34 Å². The molecular weight excluding hydrogens is 380 g/mol. The summed E-state index contributed by atoms with van der Waals surface area (Å²) in [7, 11) is -3.64. The number of aromatic nitrogens is 2. The highest BCUT2D eigenvalue weighted by Gasteiger charge is 2.21. The van der Waals surface area contributed by atoms with Crippen molar-refractivity contribution in [2.75, 3.05) is 28.7 Å².